The van der Waals surface area contributed by atoms with Gasteiger partial charge in [-0.2, -0.15) is 0 Å². The molecule has 9 heteroatoms. The molecule has 0 radical (unpaired) electrons. The van der Waals surface area contributed by atoms with E-state index in [2.05, 4.69) is 66.8 Å². The highest BCUT2D eigenvalue weighted by Gasteiger charge is 2.25. The lowest BCUT2D eigenvalue weighted by Crippen LogP contribution is -2.26. The van der Waals surface area contributed by atoms with Crippen molar-refractivity contribution in [2.45, 2.75) is 102 Å². The molecule has 0 fully saturated rings. The maximum Gasteiger partial charge on any atom is 0.333 e. The second kappa shape index (κ2) is 15.8. The van der Waals surface area contributed by atoms with Gasteiger partial charge >= 0.3 is 11.9 Å². The highest BCUT2D eigenvalue weighted by molar-refractivity contribution is 7.99. The summed E-state index contributed by atoms with van der Waals surface area (Å²) in [4.78, 5) is 25.5. The standard InChI is InChI=1S/C36H50O8S/c1-21(2)33(39)43-19-25(37)17-41-29-13-23(5)31(15-27(29)35(7,8)9)45-32-16-28(36(10,11)12)30(14-24(32)6)42-18-26(38)20-44-34(40)22(3)4/h13-16,25-26,37-38H,1,3,17-20H2,2,4-12H3. The van der Waals surface area contributed by atoms with Gasteiger partial charge in [-0.05, 0) is 73.9 Å². The van der Waals surface area contributed by atoms with Gasteiger partial charge in [0.15, 0.2) is 0 Å². The Bertz CT molecular complexity index is 1290. The first-order valence-corrected chi connectivity index (χ1v) is 15.8. The van der Waals surface area contributed by atoms with Crippen LogP contribution in [0, 0.1) is 13.8 Å². The van der Waals surface area contributed by atoms with Gasteiger partial charge in [-0.3, -0.25) is 0 Å². The van der Waals surface area contributed by atoms with Crippen LogP contribution < -0.4 is 9.47 Å². The Hall–Kier alpha value is -3.27. The Morgan fingerprint density at radius 3 is 1.31 bits per heavy atom. The molecule has 0 saturated heterocycles. The molecule has 45 heavy (non-hydrogen) atoms. The van der Waals surface area contributed by atoms with E-state index in [1.54, 1.807) is 25.6 Å². The number of esters is 2. The van der Waals surface area contributed by atoms with Crippen LogP contribution in [0.4, 0.5) is 0 Å². The van der Waals surface area contributed by atoms with Gasteiger partial charge in [0.05, 0.1) is 0 Å². The zero-order valence-corrected chi connectivity index (χ0v) is 29.3. The molecule has 0 heterocycles. The molecular formula is C36H50O8S. The second-order valence-corrected chi connectivity index (χ2v) is 14.6. The fraction of sp³-hybridized carbons (Fsp3) is 0.500. The summed E-state index contributed by atoms with van der Waals surface area (Å²) in [5, 5.41) is 20.7. The van der Waals surface area contributed by atoms with Crippen molar-refractivity contribution in [2.75, 3.05) is 26.4 Å². The van der Waals surface area contributed by atoms with Crippen molar-refractivity contribution < 1.29 is 38.7 Å². The second-order valence-electron chi connectivity index (χ2n) is 13.5. The van der Waals surface area contributed by atoms with Gasteiger partial charge < -0.3 is 29.2 Å². The fourth-order valence-electron chi connectivity index (χ4n) is 4.13. The third kappa shape index (κ3) is 11.6. The topological polar surface area (TPSA) is 112 Å². The molecule has 8 nitrogen and oxygen atoms in total. The summed E-state index contributed by atoms with van der Waals surface area (Å²) in [7, 11) is 0. The molecule has 2 unspecified atom stereocenters. The van der Waals surface area contributed by atoms with Crippen LogP contribution in [0.5, 0.6) is 11.5 Å². The molecule has 0 spiro atoms. The third-order valence-electron chi connectivity index (χ3n) is 6.76. The Morgan fingerprint density at radius 1 is 0.689 bits per heavy atom. The number of hydrogen-bond donors (Lipinski definition) is 2. The van der Waals surface area contributed by atoms with Crippen LogP contribution in [-0.4, -0.2) is 60.8 Å². The maximum absolute atomic E-state index is 11.7. The highest BCUT2D eigenvalue weighted by Crippen LogP contribution is 2.43. The molecule has 0 aromatic heterocycles. The lowest BCUT2D eigenvalue weighted by atomic mass is 9.85. The van der Waals surface area contributed by atoms with E-state index in [9.17, 15) is 19.8 Å². The van der Waals surface area contributed by atoms with Crippen LogP contribution in [0.25, 0.3) is 0 Å². The number of ether oxygens (including phenoxy) is 4. The Labute approximate surface area is 272 Å². The van der Waals surface area contributed by atoms with Crippen molar-refractivity contribution in [1.82, 2.24) is 0 Å². The molecule has 2 atom stereocenters. The molecular weight excluding hydrogens is 592 g/mol. The van der Waals surface area contributed by atoms with Crippen molar-refractivity contribution in [3.05, 3.63) is 70.8 Å². The number of benzene rings is 2. The van der Waals surface area contributed by atoms with Gasteiger partial charge in [0.1, 0.15) is 50.1 Å². The minimum Gasteiger partial charge on any atom is -0.490 e. The average Bonchev–Trinajstić information content (AvgIpc) is 2.92. The molecule has 0 amide bonds. The van der Waals surface area contributed by atoms with Crippen molar-refractivity contribution in [1.29, 1.82) is 0 Å². The number of carbonyl (C=O) groups excluding carboxylic acids is 2. The third-order valence-corrected chi connectivity index (χ3v) is 8.08. The lowest BCUT2D eigenvalue weighted by molar-refractivity contribution is -0.143. The van der Waals surface area contributed by atoms with Gasteiger partial charge in [-0.1, -0.05) is 66.5 Å². The van der Waals surface area contributed by atoms with E-state index in [1.807, 2.05) is 26.0 Å². The van der Waals surface area contributed by atoms with Crippen LogP contribution in [0.15, 0.2) is 58.4 Å². The summed E-state index contributed by atoms with van der Waals surface area (Å²) in [6.45, 7) is 26.5. The quantitative estimate of drug-likeness (QED) is 0.170. The predicted molar refractivity (Wildman–Crippen MR) is 178 cm³/mol. The van der Waals surface area contributed by atoms with Crippen molar-refractivity contribution in [3.8, 4) is 11.5 Å². The van der Waals surface area contributed by atoms with E-state index in [0.717, 1.165) is 32.0 Å². The number of aryl methyl sites for hydroxylation is 2. The summed E-state index contributed by atoms with van der Waals surface area (Å²) in [6.07, 6.45) is -1.97. The Balaban J connectivity index is 2.31. The van der Waals surface area contributed by atoms with E-state index in [-0.39, 0.29) is 48.4 Å². The molecule has 2 aromatic rings. The molecule has 0 aliphatic rings. The number of rotatable bonds is 14. The molecule has 2 aromatic carbocycles. The summed E-state index contributed by atoms with van der Waals surface area (Å²) in [6, 6.07) is 8.22. The number of carbonyl (C=O) groups is 2. The van der Waals surface area contributed by atoms with Crippen molar-refractivity contribution >= 4 is 23.7 Å². The van der Waals surface area contributed by atoms with E-state index >= 15 is 0 Å². The normalized spacial score (nSPS) is 13.1. The largest absolute Gasteiger partial charge is 0.490 e. The van der Waals surface area contributed by atoms with Gasteiger partial charge in [0, 0.05) is 32.1 Å². The van der Waals surface area contributed by atoms with Crippen LogP contribution in [0.1, 0.15) is 77.6 Å². The lowest BCUT2D eigenvalue weighted by Gasteiger charge is -2.27. The molecule has 0 aliphatic heterocycles. The minimum atomic E-state index is -0.984. The van der Waals surface area contributed by atoms with Gasteiger partial charge in [-0.25, -0.2) is 9.59 Å². The van der Waals surface area contributed by atoms with Gasteiger partial charge in [-0.15, -0.1) is 0 Å². The average molecular weight is 643 g/mol. The fourth-order valence-corrected chi connectivity index (χ4v) is 5.16. The molecule has 2 rings (SSSR count). The Kier molecular flexibility index (Phi) is 13.3. The first-order chi connectivity index (χ1) is 20.7. The summed E-state index contributed by atoms with van der Waals surface area (Å²) >= 11 is 1.65. The first-order valence-electron chi connectivity index (χ1n) is 15.0. The molecule has 0 aliphatic carbocycles. The summed E-state index contributed by atoms with van der Waals surface area (Å²) in [5.41, 5.74) is 4.02. The van der Waals surface area contributed by atoms with E-state index in [1.165, 1.54) is 0 Å². The predicted octanol–water partition coefficient (Wildman–Crippen LogP) is 6.77. The molecule has 248 valence electrons. The van der Waals surface area contributed by atoms with Crippen LogP contribution in [0.2, 0.25) is 0 Å². The monoisotopic (exact) mass is 642 g/mol. The van der Waals surface area contributed by atoms with Crippen LogP contribution in [-0.2, 0) is 29.9 Å². The summed E-state index contributed by atoms with van der Waals surface area (Å²) in [5.74, 6) is 0.228. The maximum atomic E-state index is 11.7. The van der Waals surface area contributed by atoms with Crippen LogP contribution >= 0.6 is 11.8 Å². The molecule has 0 saturated carbocycles. The zero-order chi connectivity index (χ0) is 34.3. The summed E-state index contributed by atoms with van der Waals surface area (Å²) < 4.78 is 22.2. The number of aliphatic hydroxyl groups excluding tert-OH is 2. The number of hydrogen-bond acceptors (Lipinski definition) is 9. The van der Waals surface area contributed by atoms with E-state index < -0.39 is 24.1 Å². The van der Waals surface area contributed by atoms with Crippen molar-refractivity contribution in [2.24, 2.45) is 0 Å². The first kappa shape index (κ1) is 37.9. The van der Waals surface area contributed by atoms with E-state index in [0.29, 0.717) is 11.5 Å². The molecule has 2 N–H and O–H groups in total. The zero-order valence-electron chi connectivity index (χ0n) is 28.5. The number of aliphatic hydroxyl groups is 2. The van der Waals surface area contributed by atoms with Gasteiger partial charge in [0.25, 0.3) is 0 Å². The van der Waals surface area contributed by atoms with E-state index in [4.69, 9.17) is 18.9 Å². The smallest absolute Gasteiger partial charge is 0.333 e. The van der Waals surface area contributed by atoms with Crippen molar-refractivity contribution in [3.63, 3.8) is 0 Å². The van der Waals surface area contributed by atoms with Gasteiger partial charge in [0.2, 0.25) is 0 Å². The highest BCUT2D eigenvalue weighted by atomic mass is 32.2. The SMILES string of the molecule is C=C(C)C(=O)OCC(O)COc1cc(C)c(Sc2cc(C(C)(C)C)c(OCC(O)COC(=O)C(=C)C)cc2C)cc1C(C)(C)C. The Morgan fingerprint density at radius 2 is 1.02 bits per heavy atom. The van der Waals surface area contributed by atoms with Crippen LogP contribution in [0.3, 0.4) is 0 Å². The molecule has 0 bridgehead atoms. The minimum absolute atomic E-state index is 0.0288.